The molecule has 0 bridgehead atoms. The molecular formula is C16H14Cl3FN4O3. The van der Waals surface area contributed by atoms with Gasteiger partial charge in [-0.3, -0.25) is 14.6 Å². The number of rotatable bonds is 6. The molecule has 2 aliphatic rings. The first-order valence-corrected chi connectivity index (χ1v) is 8.96. The Kier molecular flexibility index (Phi) is 6.23. The number of hydroxylamine groups is 1. The summed E-state index contributed by atoms with van der Waals surface area (Å²) in [6, 6.07) is 4.60. The lowest BCUT2D eigenvalue weighted by atomic mass is 10.1. The molecule has 2 aliphatic heterocycles. The third-order valence-corrected chi connectivity index (χ3v) is 4.58. The van der Waals surface area contributed by atoms with E-state index in [4.69, 9.17) is 44.7 Å². The van der Waals surface area contributed by atoms with Gasteiger partial charge >= 0.3 is 0 Å². The summed E-state index contributed by atoms with van der Waals surface area (Å²) in [4.78, 5) is 22.7. The number of hydrogen-bond acceptors (Lipinski definition) is 6. The molecule has 0 radical (unpaired) electrons. The molecule has 3 rings (SSSR count). The molecular weight excluding hydrogens is 422 g/mol. The number of carbonyl (C=O) groups excluding carboxylic acids is 1. The Labute approximate surface area is 169 Å². The Bertz CT molecular complexity index is 859. The summed E-state index contributed by atoms with van der Waals surface area (Å²) in [6.45, 7) is -0.237. The van der Waals surface area contributed by atoms with Gasteiger partial charge in [0.1, 0.15) is 5.50 Å². The molecule has 0 saturated carbocycles. The number of nitrogens with zero attached hydrogens (tertiary/aromatic N) is 2. The Balaban J connectivity index is 1.95. The van der Waals surface area contributed by atoms with Crippen molar-refractivity contribution in [3.8, 4) is 0 Å². The fourth-order valence-corrected chi connectivity index (χ4v) is 3.13. The fraction of sp³-hybridized carbons (Fsp3) is 0.250. The molecule has 27 heavy (non-hydrogen) atoms. The Morgan fingerprint density at radius 1 is 1.44 bits per heavy atom. The summed E-state index contributed by atoms with van der Waals surface area (Å²) in [7, 11) is 0. The summed E-state index contributed by atoms with van der Waals surface area (Å²) in [6.07, 6.45) is 1.37. The van der Waals surface area contributed by atoms with E-state index in [-0.39, 0.29) is 41.9 Å². The van der Waals surface area contributed by atoms with Crippen LogP contribution in [0.25, 0.3) is 0 Å². The van der Waals surface area contributed by atoms with E-state index in [1.54, 1.807) is 12.1 Å². The van der Waals surface area contributed by atoms with E-state index in [0.29, 0.717) is 10.7 Å². The number of carbonyl (C=O) groups is 1. The lowest BCUT2D eigenvalue weighted by Crippen LogP contribution is -2.37. The number of amides is 1. The van der Waals surface area contributed by atoms with Crippen LogP contribution in [-0.2, 0) is 9.63 Å². The van der Waals surface area contributed by atoms with Crippen LogP contribution in [0.15, 0.2) is 46.5 Å². The van der Waals surface area contributed by atoms with Crippen molar-refractivity contribution in [1.29, 1.82) is 0 Å². The van der Waals surface area contributed by atoms with Crippen LogP contribution in [0.2, 0.25) is 10.0 Å². The first-order chi connectivity index (χ1) is 12.9. The van der Waals surface area contributed by atoms with E-state index < -0.39 is 17.2 Å². The number of aliphatic imine (C=N–C) groups is 1. The van der Waals surface area contributed by atoms with Crippen LogP contribution in [0, 0.1) is 0 Å². The van der Waals surface area contributed by atoms with Crippen LogP contribution < -0.4 is 10.8 Å². The van der Waals surface area contributed by atoms with Crippen LogP contribution in [0.3, 0.4) is 0 Å². The average Bonchev–Trinajstić information content (AvgIpc) is 3.00. The van der Waals surface area contributed by atoms with Crippen molar-refractivity contribution in [1.82, 2.24) is 10.4 Å². The van der Waals surface area contributed by atoms with Crippen molar-refractivity contribution >= 4 is 52.2 Å². The van der Waals surface area contributed by atoms with E-state index in [1.165, 1.54) is 17.2 Å². The standard InChI is InChI=1S/C16H14Cl3FN4O3/c17-8-1-2-11(10(18)5-8)22-14-9(16(26)23-27-4-3-25)7-24-12(19)6-21-15(24)13(14)20/h1-2,5,7,12,22,25H,3-4,6H2,(H,23,26). The minimum Gasteiger partial charge on any atom is -0.394 e. The number of benzene rings is 1. The number of anilines is 1. The van der Waals surface area contributed by atoms with E-state index in [0.717, 1.165) is 0 Å². The van der Waals surface area contributed by atoms with E-state index in [2.05, 4.69) is 15.8 Å². The average molecular weight is 436 g/mol. The minimum absolute atomic E-state index is 0.00964. The van der Waals surface area contributed by atoms with Crippen molar-refractivity contribution in [2.45, 2.75) is 5.50 Å². The van der Waals surface area contributed by atoms with Gasteiger partial charge in [-0.15, -0.1) is 0 Å². The van der Waals surface area contributed by atoms with Crippen molar-refractivity contribution < 1.29 is 19.1 Å². The number of halogens is 4. The van der Waals surface area contributed by atoms with Crippen LogP contribution in [0.4, 0.5) is 10.1 Å². The molecule has 1 unspecified atom stereocenters. The molecule has 11 heteroatoms. The van der Waals surface area contributed by atoms with Gasteiger partial charge in [-0.25, -0.2) is 9.87 Å². The van der Waals surface area contributed by atoms with Gasteiger partial charge in [-0.2, -0.15) is 0 Å². The molecule has 3 N–H and O–H groups in total. The zero-order valence-corrected chi connectivity index (χ0v) is 15.9. The predicted octanol–water partition coefficient (Wildman–Crippen LogP) is 2.80. The number of nitrogens with one attached hydrogen (secondary N) is 2. The lowest BCUT2D eigenvalue weighted by molar-refractivity contribution is -0.130. The largest absolute Gasteiger partial charge is 0.394 e. The van der Waals surface area contributed by atoms with Crippen LogP contribution in [0.5, 0.6) is 0 Å². The second-order valence-electron chi connectivity index (χ2n) is 5.49. The lowest BCUT2D eigenvalue weighted by Gasteiger charge is -2.27. The molecule has 2 heterocycles. The van der Waals surface area contributed by atoms with Gasteiger partial charge in [0, 0.05) is 11.2 Å². The van der Waals surface area contributed by atoms with Gasteiger partial charge in [-0.05, 0) is 18.2 Å². The molecule has 7 nitrogen and oxygen atoms in total. The topological polar surface area (TPSA) is 86.2 Å². The predicted molar refractivity (Wildman–Crippen MR) is 101 cm³/mol. The maximum Gasteiger partial charge on any atom is 0.278 e. The zero-order chi connectivity index (χ0) is 19.6. The minimum atomic E-state index is -0.765. The SMILES string of the molecule is O=C(NOCCO)C1=CN2C(=NCC2Cl)C(F)=C1Nc1ccc(Cl)cc1Cl. The summed E-state index contributed by atoms with van der Waals surface area (Å²) in [5.74, 6) is -1.49. The second-order valence-corrected chi connectivity index (χ2v) is 6.84. The third kappa shape index (κ3) is 4.20. The highest BCUT2D eigenvalue weighted by Crippen LogP contribution is 2.34. The van der Waals surface area contributed by atoms with Crippen LogP contribution in [-0.4, -0.2) is 47.0 Å². The Hall–Kier alpha value is -1.84. The van der Waals surface area contributed by atoms with Crippen molar-refractivity contribution in [2.75, 3.05) is 25.1 Å². The van der Waals surface area contributed by atoms with Gasteiger partial charge in [-0.1, -0.05) is 34.8 Å². The van der Waals surface area contributed by atoms with Crippen molar-refractivity contribution in [3.63, 3.8) is 0 Å². The second kappa shape index (κ2) is 8.45. The monoisotopic (exact) mass is 434 g/mol. The third-order valence-electron chi connectivity index (χ3n) is 3.69. The van der Waals surface area contributed by atoms with Gasteiger partial charge in [0.2, 0.25) is 0 Å². The van der Waals surface area contributed by atoms with Gasteiger partial charge in [0.25, 0.3) is 5.91 Å². The summed E-state index contributed by atoms with van der Waals surface area (Å²) >= 11 is 18.1. The smallest absolute Gasteiger partial charge is 0.278 e. The quantitative estimate of drug-likeness (QED) is 0.277. The molecule has 0 aromatic heterocycles. The highest BCUT2D eigenvalue weighted by molar-refractivity contribution is 6.36. The fourth-order valence-electron chi connectivity index (χ4n) is 2.46. The molecule has 0 spiro atoms. The van der Waals surface area contributed by atoms with Crippen LogP contribution in [0.1, 0.15) is 0 Å². The Morgan fingerprint density at radius 2 is 2.22 bits per heavy atom. The summed E-state index contributed by atoms with van der Waals surface area (Å²) < 4.78 is 15.1. The Morgan fingerprint density at radius 3 is 2.93 bits per heavy atom. The maximum atomic E-state index is 15.1. The number of fused-ring (bicyclic) bond motifs is 1. The first-order valence-electron chi connectivity index (χ1n) is 7.76. The van der Waals surface area contributed by atoms with Gasteiger partial charge in [0.15, 0.2) is 11.7 Å². The zero-order valence-electron chi connectivity index (χ0n) is 13.7. The van der Waals surface area contributed by atoms with Gasteiger partial charge in [0.05, 0.1) is 41.7 Å². The summed E-state index contributed by atoms with van der Waals surface area (Å²) in [5.41, 5.74) is 1.63. The molecule has 144 valence electrons. The number of aliphatic hydroxyl groups excluding tert-OH is 1. The number of aliphatic hydroxyl groups is 1. The van der Waals surface area contributed by atoms with Crippen molar-refractivity contribution in [3.05, 3.63) is 51.5 Å². The van der Waals surface area contributed by atoms with Crippen LogP contribution >= 0.6 is 34.8 Å². The number of hydrogen-bond donors (Lipinski definition) is 3. The van der Waals surface area contributed by atoms with Crippen molar-refractivity contribution in [2.24, 2.45) is 4.99 Å². The molecule has 1 aromatic carbocycles. The van der Waals surface area contributed by atoms with E-state index in [1.807, 2.05) is 0 Å². The molecule has 0 fully saturated rings. The number of alkyl halides is 1. The molecule has 1 atom stereocenters. The van der Waals surface area contributed by atoms with Gasteiger partial charge < -0.3 is 15.3 Å². The van der Waals surface area contributed by atoms with E-state index in [9.17, 15) is 4.79 Å². The number of amidine groups is 1. The molecule has 0 saturated heterocycles. The molecule has 1 amide bonds. The highest BCUT2D eigenvalue weighted by atomic mass is 35.5. The summed E-state index contributed by atoms with van der Waals surface area (Å²) in [5, 5.41) is 12.2. The first kappa shape index (κ1) is 19.9. The molecule has 1 aromatic rings. The molecule has 0 aliphatic carbocycles. The normalized spacial score (nSPS) is 18.9. The maximum absolute atomic E-state index is 15.1. The highest BCUT2D eigenvalue weighted by Gasteiger charge is 2.36. The van der Waals surface area contributed by atoms with E-state index >= 15 is 4.39 Å².